The van der Waals surface area contributed by atoms with Crippen LogP contribution in [0.5, 0.6) is 0 Å². The third-order valence-corrected chi connectivity index (χ3v) is 9.91. The maximum absolute atomic E-state index is 6.37. The van der Waals surface area contributed by atoms with E-state index in [-0.39, 0.29) is 6.17 Å². The number of rotatable bonds is 5. The number of aliphatic imine (C=N–C) groups is 1. The number of fused-ring (bicyclic) bond motifs is 7. The van der Waals surface area contributed by atoms with Crippen molar-refractivity contribution in [2.24, 2.45) is 4.99 Å². The normalized spacial score (nSPS) is 14.5. The van der Waals surface area contributed by atoms with Gasteiger partial charge in [0.05, 0.1) is 16.9 Å². The maximum Gasteiger partial charge on any atom is 0.145 e. The van der Waals surface area contributed by atoms with Crippen molar-refractivity contribution in [2.45, 2.75) is 6.17 Å². The number of hydrogen-bond donors (Lipinski definition) is 1. The largest absolute Gasteiger partial charge is 0.456 e. The fourth-order valence-corrected chi connectivity index (χ4v) is 7.47. The van der Waals surface area contributed by atoms with Gasteiger partial charge >= 0.3 is 0 Å². The van der Waals surface area contributed by atoms with Crippen LogP contribution in [0.2, 0.25) is 0 Å². The van der Waals surface area contributed by atoms with E-state index in [1.54, 1.807) is 0 Å². The van der Waals surface area contributed by atoms with E-state index < -0.39 is 0 Å². The Balaban J connectivity index is 1.15. The van der Waals surface area contributed by atoms with Crippen LogP contribution < -0.4 is 5.32 Å². The zero-order valence-electron chi connectivity index (χ0n) is 27.6. The molecule has 1 unspecified atom stereocenters. The van der Waals surface area contributed by atoms with Crippen LogP contribution in [-0.4, -0.2) is 10.7 Å². The molecular formula is C47H31N3O. The quantitative estimate of drug-likeness (QED) is 0.188. The van der Waals surface area contributed by atoms with Gasteiger partial charge in [0.2, 0.25) is 0 Å². The fraction of sp³-hybridized carbons (Fsp3) is 0.0213. The molecule has 0 saturated carbocycles. The van der Waals surface area contributed by atoms with Gasteiger partial charge in [-0.1, -0.05) is 152 Å². The number of aromatic nitrogens is 1. The molecule has 1 aliphatic heterocycles. The first-order valence-corrected chi connectivity index (χ1v) is 17.3. The molecule has 0 saturated heterocycles. The number of furan rings is 1. The number of pyridine rings is 1. The number of benzene rings is 7. The van der Waals surface area contributed by atoms with Crippen molar-refractivity contribution in [3.63, 3.8) is 0 Å². The second-order valence-corrected chi connectivity index (χ2v) is 13.0. The number of hydrogen-bond acceptors (Lipinski definition) is 4. The minimum Gasteiger partial charge on any atom is -0.456 e. The highest BCUT2D eigenvalue weighted by Crippen LogP contribution is 2.43. The summed E-state index contributed by atoms with van der Waals surface area (Å²) in [6, 6.07) is 59.2. The van der Waals surface area contributed by atoms with Crippen LogP contribution in [0.4, 0.5) is 0 Å². The second-order valence-electron chi connectivity index (χ2n) is 13.0. The van der Waals surface area contributed by atoms with Crippen molar-refractivity contribution in [2.75, 3.05) is 0 Å². The Morgan fingerprint density at radius 1 is 0.471 bits per heavy atom. The fourth-order valence-electron chi connectivity index (χ4n) is 7.47. The Morgan fingerprint density at radius 3 is 1.92 bits per heavy atom. The molecule has 240 valence electrons. The molecule has 0 spiro atoms. The molecule has 10 rings (SSSR count). The molecule has 0 bridgehead atoms. The lowest BCUT2D eigenvalue weighted by atomic mass is 9.93. The predicted octanol–water partition coefficient (Wildman–Crippen LogP) is 11.8. The van der Waals surface area contributed by atoms with Gasteiger partial charge in [-0.05, 0) is 46.5 Å². The molecule has 0 radical (unpaired) electrons. The summed E-state index contributed by atoms with van der Waals surface area (Å²) >= 11 is 0. The molecule has 2 aromatic heterocycles. The first-order valence-electron chi connectivity index (χ1n) is 17.3. The summed E-state index contributed by atoms with van der Waals surface area (Å²) in [5.41, 5.74) is 12.3. The number of para-hydroxylation sites is 2. The summed E-state index contributed by atoms with van der Waals surface area (Å²) in [5, 5.41) is 9.26. The Morgan fingerprint density at radius 2 is 1.14 bits per heavy atom. The van der Waals surface area contributed by atoms with E-state index in [1.807, 2.05) is 30.3 Å². The van der Waals surface area contributed by atoms with Gasteiger partial charge < -0.3 is 9.73 Å². The SMILES string of the molecule is C1=C(c2ccccc2)NC(c2ccccc2)N=C1c1ccc(-c2cccc3c2nc(-c2ccccc2)c2ccc4oc5ccccc5c4c23)cc1. The standard InChI is InChI=1S/C47H31N3O/c1-4-13-31(14-5-1)39-29-40(49-47(48-39)34-17-8-3-9-18-34)32-25-23-30(24-26-32)35-20-12-21-37-43-38(45(50-46(35)37)33-15-6-2-7-16-33)27-28-42-44(43)36-19-10-11-22-41(36)51-42/h1-29,47-48H. The second kappa shape index (κ2) is 12.0. The van der Waals surface area contributed by atoms with Crippen LogP contribution in [0.3, 0.4) is 0 Å². The van der Waals surface area contributed by atoms with E-state index in [2.05, 4.69) is 151 Å². The summed E-state index contributed by atoms with van der Waals surface area (Å²) in [4.78, 5) is 10.6. The van der Waals surface area contributed by atoms with Crippen LogP contribution in [0, 0.1) is 0 Å². The lowest BCUT2D eigenvalue weighted by Gasteiger charge is -2.25. The highest BCUT2D eigenvalue weighted by molar-refractivity contribution is 6.29. The van der Waals surface area contributed by atoms with E-state index in [0.717, 1.165) is 94.1 Å². The molecule has 0 aliphatic carbocycles. The van der Waals surface area contributed by atoms with Crippen molar-refractivity contribution in [3.05, 3.63) is 193 Å². The molecule has 4 heteroatoms. The number of allylic oxidation sites excluding steroid dienone is 1. The Kier molecular flexibility index (Phi) is 6.85. The summed E-state index contributed by atoms with van der Waals surface area (Å²) in [5.74, 6) is 0. The highest BCUT2D eigenvalue weighted by atomic mass is 16.3. The molecule has 0 amide bonds. The first kappa shape index (κ1) is 29.2. The van der Waals surface area contributed by atoms with E-state index in [9.17, 15) is 0 Å². The minimum absolute atomic E-state index is 0.191. The van der Waals surface area contributed by atoms with Crippen LogP contribution in [0.1, 0.15) is 22.9 Å². The average molecular weight is 654 g/mol. The zero-order chi connectivity index (χ0) is 33.7. The molecule has 9 aromatic rings. The summed E-state index contributed by atoms with van der Waals surface area (Å²) < 4.78 is 6.37. The topological polar surface area (TPSA) is 50.4 Å². The van der Waals surface area contributed by atoms with E-state index in [0.29, 0.717) is 0 Å². The van der Waals surface area contributed by atoms with Gasteiger partial charge in [0.15, 0.2) is 0 Å². The lowest BCUT2D eigenvalue weighted by molar-refractivity contribution is 0.664. The molecule has 3 heterocycles. The average Bonchev–Trinajstić information content (AvgIpc) is 3.60. The predicted molar refractivity (Wildman–Crippen MR) is 211 cm³/mol. The highest BCUT2D eigenvalue weighted by Gasteiger charge is 2.21. The zero-order valence-corrected chi connectivity index (χ0v) is 27.6. The maximum atomic E-state index is 6.37. The minimum atomic E-state index is -0.191. The van der Waals surface area contributed by atoms with E-state index in [1.165, 1.54) is 0 Å². The van der Waals surface area contributed by atoms with Crippen molar-refractivity contribution in [1.29, 1.82) is 0 Å². The Labute approximate surface area is 295 Å². The van der Waals surface area contributed by atoms with Crippen molar-refractivity contribution in [3.8, 4) is 22.4 Å². The van der Waals surface area contributed by atoms with Gasteiger partial charge in [0.25, 0.3) is 0 Å². The molecule has 7 aromatic carbocycles. The van der Waals surface area contributed by atoms with E-state index in [4.69, 9.17) is 14.4 Å². The number of nitrogens with zero attached hydrogens (tertiary/aromatic N) is 2. The van der Waals surface area contributed by atoms with Gasteiger partial charge in [0.1, 0.15) is 17.3 Å². The molecule has 4 nitrogen and oxygen atoms in total. The monoisotopic (exact) mass is 653 g/mol. The number of nitrogens with one attached hydrogen (secondary N) is 1. The Hall–Kier alpha value is -6.78. The summed E-state index contributed by atoms with van der Waals surface area (Å²) in [6.07, 6.45) is 1.96. The Bertz CT molecular complexity index is 2800. The van der Waals surface area contributed by atoms with Crippen LogP contribution in [0.15, 0.2) is 185 Å². The van der Waals surface area contributed by atoms with Crippen LogP contribution in [-0.2, 0) is 0 Å². The molecular weight excluding hydrogens is 623 g/mol. The summed E-state index contributed by atoms with van der Waals surface area (Å²) in [7, 11) is 0. The molecule has 1 N–H and O–H groups in total. The van der Waals surface area contributed by atoms with Crippen molar-refractivity contribution >= 4 is 55.0 Å². The van der Waals surface area contributed by atoms with Gasteiger partial charge in [-0.3, -0.25) is 4.99 Å². The smallest absolute Gasteiger partial charge is 0.145 e. The van der Waals surface area contributed by atoms with Gasteiger partial charge in [-0.2, -0.15) is 0 Å². The molecule has 0 fully saturated rings. The molecule has 51 heavy (non-hydrogen) atoms. The third-order valence-electron chi connectivity index (χ3n) is 9.91. The van der Waals surface area contributed by atoms with Gasteiger partial charge in [0, 0.05) is 43.8 Å². The van der Waals surface area contributed by atoms with Crippen LogP contribution >= 0.6 is 0 Å². The van der Waals surface area contributed by atoms with Gasteiger partial charge in [-0.25, -0.2) is 4.98 Å². The summed E-state index contributed by atoms with van der Waals surface area (Å²) in [6.45, 7) is 0. The lowest BCUT2D eigenvalue weighted by Crippen LogP contribution is -2.24. The van der Waals surface area contributed by atoms with E-state index >= 15 is 0 Å². The molecule has 1 atom stereocenters. The first-order chi connectivity index (χ1) is 25.3. The molecule has 1 aliphatic rings. The van der Waals surface area contributed by atoms with Crippen molar-refractivity contribution in [1.82, 2.24) is 10.3 Å². The van der Waals surface area contributed by atoms with Crippen LogP contribution in [0.25, 0.3) is 71.7 Å². The third kappa shape index (κ3) is 5.00. The van der Waals surface area contributed by atoms with Crippen molar-refractivity contribution < 1.29 is 4.42 Å². The van der Waals surface area contributed by atoms with Gasteiger partial charge in [-0.15, -0.1) is 0 Å².